The van der Waals surface area contributed by atoms with E-state index >= 15 is 0 Å². The summed E-state index contributed by atoms with van der Waals surface area (Å²) in [5.41, 5.74) is 2.54. The van der Waals surface area contributed by atoms with Crippen molar-refractivity contribution in [1.82, 2.24) is 4.90 Å². The SMILES string of the molecule is C=C(C)N1CCC(Cc2ccccc2C(=O)O)CC1. The van der Waals surface area contributed by atoms with Crippen LogP contribution >= 0.6 is 0 Å². The van der Waals surface area contributed by atoms with Crippen LogP contribution in [0.2, 0.25) is 0 Å². The minimum Gasteiger partial charge on any atom is -0.478 e. The molecule has 3 heteroatoms. The van der Waals surface area contributed by atoms with Gasteiger partial charge in [-0.05, 0) is 43.7 Å². The number of piperidine rings is 1. The van der Waals surface area contributed by atoms with Crippen LogP contribution in [0, 0.1) is 5.92 Å². The summed E-state index contributed by atoms with van der Waals surface area (Å²) >= 11 is 0. The highest BCUT2D eigenvalue weighted by molar-refractivity contribution is 5.89. The summed E-state index contributed by atoms with van der Waals surface area (Å²) in [5.74, 6) is -0.244. The van der Waals surface area contributed by atoms with Crippen LogP contribution in [-0.2, 0) is 6.42 Å². The molecule has 0 aromatic heterocycles. The molecule has 1 aliphatic rings. The van der Waals surface area contributed by atoms with Crippen LogP contribution < -0.4 is 0 Å². The molecule has 1 aromatic rings. The summed E-state index contributed by atoms with van der Waals surface area (Å²) in [6, 6.07) is 7.34. The van der Waals surface area contributed by atoms with E-state index in [1.807, 2.05) is 19.1 Å². The fourth-order valence-electron chi connectivity index (χ4n) is 2.74. The van der Waals surface area contributed by atoms with E-state index in [0.717, 1.165) is 43.6 Å². The van der Waals surface area contributed by atoms with E-state index in [1.54, 1.807) is 12.1 Å². The molecule has 0 radical (unpaired) electrons. The molecule has 0 spiro atoms. The Labute approximate surface area is 114 Å². The molecule has 0 saturated carbocycles. The first-order chi connectivity index (χ1) is 9.08. The highest BCUT2D eigenvalue weighted by atomic mass is 16.4. The number of aromatic carboxylic acids is 1. The van der Waals surface area contributed by atoms with Crippen molar-refractivity contribution in [3.05, 3.63) is 47.7 Å². The van der Waals surface area contributed by atoms with Crippen LogP contribution in [0.1, 0.15) is 35.7 Å². The first kappa shape index (κ1) is 13.7. The molecular formula is C16H21NO2. The van der Waals surface area contributed by atoms with Crippen molar-refractivity contribution in [2.45, 2.75) is 26.2 Å². The molecule has 0 aliphatic carbocycles. The number of carbonyl (C=O) groups is 1. The second-order valence-corrected chi connectivity index (χ2v) is 5.33. The second kappa shape index (κ2) is 5.91. The third kappa shape index (κ3) is 3.37. The van der Waals surface area contributed by atoms with E-state index < -0.39 is 5.97 Å². The Bertz CT molecular complexity index is 473. The lowest BCUT2D eigenvalue weighted by Crippen LogP contribution is -2.32. The largest absolute Gasteiger partial charge is 0.478 e. The van der Waals surface area contributed by atoms with Gasteiger partial charge >= 0.3 is 5.97 Å². The molecule has 1 saturated heterocycles. The Hall–Kier alpha value is -1.77. The summed E-state index contributed by atoms with van der Waals surface area (Å²) in [6.45, 7) is 8.09. The van der Waals surface area contributed by atoms with Crippen LogP contribution in [0.3, 0.4) is 0 Å². The van der Waals surface area contributed by atoms with Crippen molar-refractivity contribution in [3.63, 3.8) is 0 Å². The number of likely N-dealkylation sites (tertiary alicyclic amines) is 1. The van der Waals surface area contributed by atoms with Crippen molar-refractivity contribution in [2.24, 2.45) is 5.92 Å². The molecule has 1 heterocycles. The number of carboxylic acids is 1. The molecular weight excluding hydrogens is 238 g/mol. The maximum Gasteiger partial charge on any atom is 0.335 e. The average Bonchev–Trinajstić information content (AvgIpc) is 2.39. The summed E-state index contributed by atoms with van der Waals surface area (Å²) in [7, 11) is 0. The molecule has 3 nitrogen and oxygen atoms in total. The third-order valence-electron chi connectivity index (χ3n) is 3.91. The Morgan fingerprint density at radius 2 is 2.00 bits per heavy atom. The van der Waals surface area contributed by atoms with Crippen LogP contribution in [0.4, 0.5) is 0 Å². The summed E-state index contributed by atoms with van der Waals surface area (Å²) in [6.07, 6.45) is 3.09. The van der Waals surface area contributed by atoms with Gasteiger partial charge in [0.25, 0.3) is 0 Å². The Kier molecular flexibility index (Phi) is 4.25. The number of benzene rings is 1. The number of hydrogen-bond donors (Lipinski definition) is 1. The van der Waals surface area contributed by atoms with Crippen molar-refractivity contribution in [2.75, 3.05) is 13.1 Å². The van der Waals surface area contributed by atoms with Gasteiger partial charge < -0.3 is 10.0 Å². The standard InChI is InChI=1S/C16H21NO2/c1-12(2)17-9-7-13(8-10-17)11-14-5-3-4-6-15(14)16(18)19/h3-6,13H,1,7-11H2,2H3,(H,18,19). The number of hydrogen-bond acceptors (Lipinski definition) is 2. The fourth-order valence-corrected chi connectivity index (χ4v) is 2.74. The predicted molar refractivity (Wildman–Crippen MR) is 76.2 cm³/mol. The number of carboxylic acid groups (broad SMARTS) is 1. The zero-order valence-electron chi connectivity index (χ0n) is 11.4. The van der Waals surface area contributed by atoms with Gasteiger partial charge in [-0.25, -0.2) is 4.79 Å². The van der Waals surface area contributed by atoms with Gasteiger partial charge in [0.05, 0.1) is 5.56 Å². The third-order valence-corrected chi connectivity index (χ3v) is 3.91. The van der Waals surface area contributed by atoms with E-state index in [9.17, 15) is 9.90 Å². The van der Waals surface area contributed by atoms with Crippen molar-refractivity contribution < 1.29 is 9.90 Å². The minimum absolute atomic E-state index is 0.449. The van der Waals surface area contributed by atoms with Crippen molar-refractivity contribution >= 4 is 5.97 Å². The number of nitrogens with zero attached hydrogens (tertiary/aromatic N) is 1. The lowest BCUT2D eigenvalue weighted by atomic mass is 9.88. The van der Waals surface area contributed by atoms with Gasteiger partial charge in [0.15, 0.2) is 0 Å². The van der Waals surface area contributed by atoms with Crippen LogP contribution in [0.25, 0.3) is 0 Å². The summed E-state index contributed by atoms with van der Waals surface area (Å²) in [5, 5.41) is 9.19. The molecule has 0 atom stereocenters. The number of allylic oxidation sites excluding steroid dienone is 1. The lowest BCUT2D eigenvalue weighted by Gasteiger charge is -2.33. The fraction of sp³-hybridized carbons (Fsp3) is 0.438. The Balaban J connectivity index is 2.00. The van der Waals surface area contributed by atoms with Gasteiger partial charge in [-0.3, -0.25) is 0 Å². The molecule has 1 aliphatic heterocycles. The quantitative estimate of drug-likeness (QED) is 0.903. The van der Waals surface area contributed by atoms with Gasteiger partial charge in [0, 0.05) is 18.8 Å². The van der Waals surface area contributed by atoms with Gasteiger partial charge in [-0.1, -0.05) is 24.8 Å². The van der Waals surface area contributed by atoms with Gasteiger partial charge in [0.1, 0.15) is 0 Å². The zero-order chi connectivity index (χ0) is 13.8. The van der Waals surface area contributed by atoms with Crippen LogP contribution in [0.5, 0.6) is 0 Å². The molecule has 1 N–H and O–H groups in total. The van der Waals surface area contributed by atoms with Gasteiger partial charge in [-0.2, -0.15) is 0 Å². The topological polar surface area (TPSA) is 40.5 Å². The maximum atomic E-state index is 11.2. The molecule has 0 amide bonds. The second-order valence-electron chi connectivity index (χ2n) is 5.33. The molecule has 102 valence electrons. The lowest BCUT2D eigenvalue weighted by molar-refractivity contribution is 0.0695. The Morgan fingerprint density at radius 3 is 2.58 bits per heavy atom. The monoisotopic (exact) mass is 259 g/mol. The molecule has 0 unspecified atom stereocenters. The van der Waals surface area contributed by atoms with E-state index in [0.29, 0.717) is 11.5 Å². The molecule has 2 rings (SSSR count). The zero-order valence-corrected chi connectivity index (χ0v) is 11.4. The predicted octanol–water partition coefficient (Wildman–Crippen LogP) is 3.17. The summed E-state index contributed by atoms with van der Waals surface area (Å²) in [4.78, 5) is 13.5. The molecule has 19 heavy (non-hydrogen) atoms. The Morgan fingerprint density at radius 1 is 1.37 bits per heavy atom. The van der Waals surface area contributed by atoms with E-state index in [-0.39, 0.29) is 0 Å². The van der Waals surface area contributed by atoms with Crippen molar-refractivity contribution in [3.8, 4) is 0 Å². The first-order valence-corrected chi connectivity index (χ1v) is 6.79. The van der Waals surface area contributed by atoms with Crippen molar-refractivity contribution in [1.29, 1.82) is 0 Å². The van der Waals surface area contributed by atoms with E-state index in [1.165, 1.54) is 0 Å². The number of rotatable bonds is 4. The van der Waals surface area contributed by atoms with Crippen LogP contribution in [0.15, 0.2) is 36.5 Å². The smallest absolute Gasteiger partial charge is 0.335 e. The maximum absolute atomic E-state index is 11.2. The highest BCUT2D eigenvalue weighted by Gasteiger charge is 2.20. The highest BCUT2D eigenvalue weighted by Crippen LogP contribution is 2.24. The molecule has 1 aromatic carbocycles. The van der Waals surface area contributed by atoms with Gasteiger partial charge in [-0.15, -0.1) is 0 Å². The molecule has 1 fully saturated rings. The minimum atomic E-state index is -0.824. The van der Waals surface area contributed by atoms with E-state index in [2.05, 4.69) is 11.5 Å². The average molecular weight is 259 g/mol. The normalized spacial score (nSPS) is 16.4. The first-order valence-electron chi connectivity index (χ1n) is 6.79. The summed E-state index contributed by atoms with van der Waals surface area (Å²) < 4.78 is 0. The van der Waals surface area contributed by atoms with Gasteiger partial charge in [0.2, 0.25) is 0 Å². The van der Waals surface area contributed by atoms with Crippen LogP contribution in [-0.4, -0.2) is 29.1 Å². The van der Waals surface area contributed by atoms with E-state index in [4.69, 9.17) is 0 Å². The molecule has 0 bridgehead atoms.